The minimum absolute atomic E-state index is 0.108. The fourth-order valence-corrected chi connectivity index (χ4v) is 3.75. The summed E-state index contributed by atoms with van der Waals surface area (Å²) in [5, 5.41) is 8.84. The highest BCUT2D eigenvalue weighted by molar-refractivity contribution is 6.31. The van der Waals surface area contributed by atoms with E-state index in [2.05, 4.69) is 16.0 Å². The minimum atomic E-state index is -0.916. The van der Waals surface area contributed by atoms with E-state index in [1.807, 2.05) is 24.3 Å². The van der Waals surface area contributed by atoms with Crippen LogP contribution >= 0.6 is 11.6 Å². The van der Waals surface area contributed by atoms with E-state index < -0.39 is 17.9 Å². The Morgan fingerprint density at radius 3 is 2.85 bits per heavy atom. The highest BCUT2D eigenvalue weighted by Gasteiger charge is 2.24. The van der Waals surface area contributed by atoms with E-state index in [0.29, 0.717) is 29.7 Å². The van der Waals surface area contributed by atoms with Crippen molar-refractivity contribution in [1.82, 2.24) is 16.0 Å². The average molecular weight is 488 g/mol. The van der Waals surface area contributed by atoms with E-state index in [1.165, 1.54) is 6.07 Å². The third-order valence-corrected chi connectivity index (χ3v) is 5.70. The zero-order chi connectivity index (χ0) is 24.3. The van der Waals surface area contributed by atoms with Gasteiger partial charge >= 0.3 is 0 Å². The molecular formula is C25H30ClN3O5. The van der Waals surface area contributed by atoms with Gasteiger partial charge in [0.1, 0.15) is 17.5 Å². The first-order valence-electron chi connectivity index (χ1n) is 11.4. The molecule has 0 saturated carbocycles. The largest absolute Gasteiger partial charge is 0.497 e. The van der Waals surface area contributed by atoms with Crippen LogP contribution in [0.5, 0.6) is 11.5 Å². The Kier molecular flexibility index (Phi) is 9.58. The molecule has 0 aromatic heterocycles. The first-order chi connectivity index (χ1) is 16.5. The van der Waals surface area contributed by atoms with Gasteiger partial charge < -0.3 is 25.4 Å². The number of hydrogen-bond donors (Lipinski definition) is 3. The highest BCUT2D eigenvalue weighted by Crippen LogP contribution is 2.24. The highest BCUT2D eigenvalue weighted by atomic mass is 35.5. The van der Waals surface area contributed by atoms with Crippen LogP contribution in [0.2, 0.25) is 5.02 Å². The molecule has 3 N–H and O–H groups in total. The van der Waals surface area contributed by atoms with Crippen LogP contribution in [0, 0.1) is 0 Å². The van der Waals surface area contributed by atoms with Gasteiger partial charge in [0.15, 0.2) is 0 Å². The zero-order valence-corrected chi connectivity index (χ0v) is 20.0. The van der Waals surface area contributed by atoms with Gasteiger partial charge in [-0.2, -0.15) is 0 Å². The lowest BCUT2D eigenvalue weighted by Crippen LogP contribution is -2.47. The monoisotopic (exact) mass is 487 g/mol. The second-order valence-electron chi connectivity index (χ2n) is 8.03. The van der Waals surface area contributed by atoms with E-state index in [1.54, 1.807) is 19.2 Å². The Labute approximate surface area is 204 Å². The molecule has 0 radical (unpaired) electrons. The Hall–Kier alpha value is -3.26. The fraction of sp³-hybridized carbons (Fsp3) is 0.400. The summed E-state index contributed by atoms with van der Waals surface area (Å²) in [6.45, 7) is 1.24. The molecule has 2 aromatic rings. The van der Waals surface area contributed by atoms with Crippen LogP contribution in [-0.2, 0) is 16.1 Å². The third kappa shape index (κ3) is 7.66. The van der Waals surface area contributed by atoms with E-state index in [0.717, 1.165) is 24.8 Å². The first kappa shape index (κ1) is 25.4. The summed E-state index contributed by atoms with van der Waals surface area (Å²) in [5.74, 6) is 0.0436. The Balaban J connectivity index is 1.76. The van der Waals surface area contributed by atoms with Crippen molar-refractivity contribution < 1.29 is 23.9 Å². The van der Waals surface area contributed by atoms with Crippen LogP contribution < -0.4 is 25.4 Å². The SMILES string of the molecule is COc1cccc(CNC(=O)[C@@H]2CCC(=O)NCCCCCOc3ccc(Cl)cc3C(=O)N2)c1. The van der Waals surface area contributed by atoms with Crippen LogP contribution in [0.15, 0.2) is 42.5 Å². The molecule has 0 spiro atoms. The van der Waals surface area contributed by atoms with E-state index in [4.69, 9.17) is 21.1 Å². The second kappa shape index (κ2) is 12.8. The molecule has 0 aliphatic carbocycles. The third-order valence-electron chi connectivity index (χ3n) is 5.47. The molecule has 8 nitrogen and oxygen atoms in total. The van der Waals surface area contributed by atoms with Gasteiger partial charge in [-0.3, -0.25) is 14.4 Å². The van der Waals surface area contributed by atoms with Gasteiger partial charge in [-0.05, 0) is 61.6 Å². The number of amides is 3. The number of benzene rings is 2. The average Bonchev–Trinajstić information content (AvgIpc) is 2.85. The van der Waals surface area contributed by atoms with E-state index in [-0.39, 0.29) is 30.9 Å². The predicted octanol–water partition coefficient (Wildman–Crippen LogP) is 3.22. The van der Waals surface area contributed by atoms with Gasteiger partial charge in [-0.1, -0.05) is 23.7 Å². The lowest BCUT2D eigenvalue weighted by molar-refractivity contribution is -0.124. The molecule has 1 aliphatic heterocycles. The van der Waals surface area contributed by atoms with Crippen LogP contribution in [0.1, 0.15) is 48.0 Å². The van der Waals surface area contributed by atoms with Crippen molar-refractivity contribution in [1.29, 1.82) is 0 Å². The van der Waals surface area contributed by atoms with Gasteiger partial charge in [0.25, 0.3) is 5.91 Å². The molecule has 0 fully saturated rings. The maximum absolute atomic E-state index is 13.1. The van der Waals surface area contributed by atoms with Crippen LogP contribution in [0.3, 0.4) is 0 Å². The smallest absolute Gasteiger partial charge is 0.255 e. The lowest BCUT2D eigenvalue weighted by atomic mass is 10.1. The van der Waals surface area contributed by atoms with Crippen molar-refractivity contribution >= 4 is 29.3 Å². The van der Waals surface area contributed by atoms with Gasteiger partial charge in [-0.25, -0.2) is 0 Å². The second-order valence-corrected chi connectivity index (χ2v) is 8.47. The molecule has 0 bridgehead atoms. The summed E-state index contributed by atoms with van der Waals surface area (Å²) in [5.41, 5.74) is 1.09. The molecule has 9 heteroatoms. The molecule has 1 aliphatic rings. The molecular weight excluding hydrogens is 458 g/mol. The Morgan fingerprint density at radius 2 is 2.03 bits per heavy atom. The fourth-order valence-electron chi connectivity index (χ4n) is 3.58. The predicted molar refractivity (Wildman–Crippen MR) is 129 cm³/mol. The summed E-state index contributed by atoms with van der Waals surface area (Å²) in [4.78, 5) is 38.4. The lowest BCUT2D eigenvalue weighted by Gasteiger charge is -2.19. The molecule has 2 aromatic carbocycles. The molecule has 3 amide bonds. The Bertz CT molecular complexity index is 1010. The van der Waals surface area contributed by atoms with Crippen molar-refractivity contribution in [3.63, 3.8) is 0 Å². The van der Waals surface area contributed by atoms with Gasteiger partial charge in [0, 0.05) is 24.5 Å². The zero-order valence-electron chi connectivity index (χ0n) is 19.2. The maximum Gasteiger partial charge on any atom is 0.255 e. The molecule has 3 rings (SSSR count). The van der Waals surface area contributed by atoms with Gasteiger partial charge in [0.05, 0.1) is 19.3 Å². The number of hydrogen-bond acceptors (Lipinski definition) is 5. The van der Waals surface area contributed by atoms with E-state index >= 15 is 0 Å². The van der Waals surface area contributed by atoms with Gasteiger partial charge in [0.2, 0.25) is 11.8 Å². The standard InChI is InChI=1S/C25H30ClN3O5/c1-33-19-7-5-6-17(14-19)16-28-25(32)21-9-11-23(30)27-12-3-2-4-13-34-22-10-8-18(26)15-20(22)24(31)29-21/h5-8,10,14-15,21H,2-4,9,11-13,16H2,1H3,(H,27,30)(H,28,32)(H,29,31)/t21-/m0/s1. The number of methoxy groups -OCH3 is 1. The molecule has 34 heavy (non-hydrogen) atoms. The van der Waals surface area contributed by atoms with Crippen molar-refractivity contribution in [3.05, 3.63) is 58.6 Å². The summed E-state index contributed by atoms with van der Waals surface area (Å²) < 4.78 is 11.0. The number of halogens is 1. The number of ether oxygens (including phenoxy) is 2. The summed E-state index contributed by atoms with van der Waals surface area (Å²) in [7, 11) is 1.57. The van der Waals surface area contributed by atoms with Crippen LogP contribution in [0.25, 0.3) is 0 Å². The Morgan fingerprint density at radius 1 is 1.18 bits per heavy atom. The maximum atomic E-state index is 13.1. The van der Waals surface area contributed by atoms with Crippen LogP contribution in [0.4, 0.5) is 0 Å². The van der Waals surface area contributed by atoms with Crippen molar-refractivity contribution in [3.8, 4) is 11.5 Å². The molecule has 0 saturated heterocycles. The van der Waals surface area contributed by atoms with Crippen molar-refractivity contribution in [2.45, 2.75) is 44.7 Å². The van der Waals surface area contributed by atoms with Crippen molar-refractivity contribution in [2.75, 3.05) is 20.3 Å². The van der Waals surface area contributed by atoms with Crippen LogP contribution in [-0.4, -0.2) is 44.0 Å². The number of carbonyl (C=O) groups excluding carboxylic acids is 3. The summed E-state index contributed by atoms with van der Waals surface area (Å²) in [6, 6.07) is 11.2. The molecule has 1 heterocycles. The minimum Gasteiger partial charge on any atom is -0.497 e. The number of nitrogens with one attached hydrogen (secondary N) is 3. The quantitative estimate of drug-likeness (QED) is 0.614. The number of fused-ring (bicyclic) bond motifs is 1. The van der Waals surface area contributed by atoms with Gasteiger partial charge in [-0.15, -0.1) is 0 Å². The number of carbonyl (C=O) groups is 3. The topological polar surface area (TPSA) is 106 Å². The molecule has 0 unspecified atom stereocenters. The molecule has 1 atom stereocenters. The first-order valence-corrected chi connectivity index (χ1v) is 11.7. The summed E-state index contributed by atoms with van der Waals surface area (Å²) >= 11 is 6.12. The summed E-state index contributed by atoms with van der Waals surface area (Å²) in [6.07, 6.45) is 2.75. The number of rotatable bonds is 4. The molecule has 182 valence electrons. The van der Waals surface area contributed by atoms with E-state index in [9.17, 15) is 14.4 Å². The van der Waals surface area contributed by atoms with Crippen molar-refractivity contribution in [2.24, 2.45) is 0 Å². The normalized spacial score (nSPS) is 17.6.